The van der Waals surface area contributed by atoms with Gasteiger partial charge in [-0.05, 0) is 12.8 Å². The van der Waals surface area contributed by atoms with Gasteiger partial charge in [-0.25, -0.2) is 0 Å². The van der Waals surface area contributed by atoms with E-state index in [0.717, 1.165) is 19.3 Å². The molecule has 1 aliphatic carbocycles. The van der Waals surface area contributed by atoms with Gasteiger partial charge in [-0.3, -0.25) is 9.59 Å². The molecule has 5 nitrogen and oxygen atoms in total. The fourth-order valence-corrected chi connectivity index (χ4v) is 1.88. The molecular weight excluding hydrogens is 218 g/mol. The zero-order chi connectivity index (χ0) is 12.9. The summed E-state index contributed by atoms with van der Waals surface area (Å²) in [5, 5.41) is 5.60. The molecule has 0 radical (unpaired) electrons. The van der Waals surface area contributed by atoms with E-state index in [1.54, 1.807) is 0 Å². The standard InChI is InChI=1S/C12H23N3O2/c1-9(2)10(16)14-6-7-15-11(17)12(8-13)4-3-5-12/h9H,3-8,13H2,1-2H3,(H,14,16)(H,15,17). The van der Waals surface area contributed by atoms with Crippen LogP contribution in [0.15, 0.2) is 0 Å². The molecule has 1 saturated carbocycles. The van der Waals surface area contributed by atoms with Crippen molar-refractivity contribution >= 4 is 11.8 Å². The highest BCUT2D eigenvalue weighted by Gasteiger charge is 2.42. The summed E-state index contributed by atoms with van der Waals surface area (Å²) in [7, 11) is 0. The van der Waals surface area contributed by atoms with Crippen LogP contribution in [-0.2, 0) is 9.59 Å². The van der Waals surface area contributed by atoms with Crippen molar-refractivity contribution in [1.29, 1.82) is 0 Å². The minimum absolute atomic E-state index is 0.0106. The van der Waals surface area contributed by atoms with Crippen LogP contribution in [0.5, 0.6) is 0 Å². The van der Waals surface area contributed by atoms with Crippen LogP contribution < -0.4 is 16.4 Å². The number of hydrogen-bond acceptors (Lipinski definition) is 3. The maximum atomic E-state index is 11.9. The summed E-state index contributed by atoms with van der Waals surface area (Å²) in [4.78, 5) is 23.1. The topological polar surface area (TPSA) is 84.2 Å². The van der Waals surface area contributed by atoms with E-state index in [0.29, 0.717) is 19.6 Å². The molecule has 1 rings (SSSR count). The number of carbonyl (C=O) groups excluding carboxylic acids is 2. The highest BCUT2D eigenvalue weighted by atomic mass is 16.2. The Morgan fingerprint density at radius 1 is 1.24 bits per heavy atom. The van der Waals surface area contributed by atoms with E-state index in [1.807, 2.05) is 13.8 Å². The molecule has 1 fully saturated rings. The van der Waals surface area contributed by atoms with Gasteiger partial charge in [0.05, 0.1) is 5.41 Å². The van der Waals surface area contributed by atoms with Gasteiger partial charge >= 0.3 is 0 Å². The molecule has 0 bridgehead atoms. The van der Waals surface area contributed by atoms with Crippen LogP contribution in [0.3, 0.4) is 0 Å². The van der Waals surface area contributed by atoms with E-state index in [-0.39, 0.29) is 23.1 Å². The van der Waals surface area contributed by atoms with E-state index in [4.69, 9.17) is 5.73 Å². The molecule has 2 amide bonds. The van der Waals surface area contributed by atoms with Gasteiger partial charge in [-0.1, -0.05) is 20.3 Å². The van der Waals surface area contributed by atoms with E-state index >= 15 is 0 Å². The molecular formula is C12H23N3O2. The van der Waals surface area contributed by atoms with Crippen molar-refractivity contribution in [2.75, 3.05) is 19.6 Å². The molecule has 98 valence electrons. The molecule has 0 aromatic rings. The number of carbonyl (C=O) groups is 2. The summed E-state index contributed by atoms with van der Waals surface area (Å²) >= 11 is 0. The summed E-state index contributed by atoms with van der Waals surface area (Å²) in [6, 6.07) is 0. The molecule has 17 heavy (non-hydrogen) atoms. The Kier molecular flexibility index (Phi) is 4.93. The molecule has 1 aliphatic rings. The zero-order valence-corrected chi connectivity index (χ0v) is 10.7. The van der Waals surface area contributed by atoms with Crippen molar-refractivity contribution in [2.45, 2.75) is 33.1 Å². The van der Waals surface area contributed by atoms with Crippen LogP contribution in [0, 0.1) is 11.3 Å². The van der Waals surface area contributed by atoms with Gasteiger partial charge in [-0.2, -0.15) is 0 Å². The maximum Gasteiger partial charge on any atom is 0.227 e. The molecule has 0 heterocycles. The largest absolute Gasteiger partial charge is 0.354 e. The lowest BCUT2D eigenvalue weighted by Crippen LogP contribution is -2.51. The van der Waals surface area contributed by atoms with Crippen molar-refractivity contribution < 1.29 is 9.59 Å². The average molecular weight is 241 g/mol. The zero-order valence-electron chi connectivity index (χ0n) is 10.7. The van der Waals surface area contributed by atoms with E-state index in [2.05, 4.69) is 10.6 Å². The number of nitrogens with one attached hydrogen (secondary N) is 2. The van der Waals surface area contributed by atoms with Gasteiger partial charge in [0, 0.05) is 25.6 Å². The molecule has 0 atom stereocenters. The van der Waals surface area contributed by atoms with E-state index < -0.39 is 0 Å². The number of amides is 2. The van der Waals surface area contributed by atoms with Gasteiger partial charge in [0.1, 0.15) is 0 Å². The predicted octanol–water partition coefficient (Wildman–Crippen LogP) is 0.00380. The summed E-state index contributed by atoms with van der Waals surface area (Å²) in [5.74, 6) is 0.0224. The monoisotopic (exact) mass is 241 g/mol. The van der Waals surface area contributed by atoms with Crippen LogP contribution in [0.25, 0.3) is 0 Å². The van der Waals surface area contributed by atoms with Crippen molar-refractivity contribution in [3.63, 3.8) is 0 Å². The van der Waals surface area contributed by atoms with E-state index in [9.17, 15) is 9.59 Å². The summed E-state index contributed by atoms with van der Waals surface area (Å²) < 4.78 is 0. The quantitative estimate of drug-likeness (QED) is 0.572. The van der Waals surface area contributed by atoms with Crippen LogP contribution >= 0.6 is 0 Å². The molecule has 0 saturated heterocycles. The predicted molar refractivity (Wildman–Crippen MR) is 66.2 cm³/mol. The van der Waals surface area contributed by atoms with Crippen LogP contribution in [-0.4, -0.2) is 31.4 Å². The Morgan fingerprint density at radius 3 is 2.24 bits per heavy atom. The highest BCUT2D eigenvalue weighted by Crippen LogP contribution is 2.39. The molecule has 0 unspecified atom stereocenters. The van der Waals surface area contributed by atoms with Gasteiger partial charge in [0.2, 0.25) is 11.8 Å². The fraction of sp³-hybridized carbons (Fsp3) is 0.833. The van der Waals surface area contributed by atoms with Crippen LogP contribution in [0.4, 0.5) is 0 Å². The Bertz CT molecular complexity index is 280. The lowest BCUT2D eigenvalue weighted by atomic mass is 9.68. The molecule has 0 aromatic carbocycles. The molecule has 0 aromatic heterocycles. The minimum Gasteiger partial charge on any atom is -0.354 e. The van der Waals surface area contributed by atoms with Crippen LogP contribution in [0.2, 0.25) is 0 Å². The first-order chi connectivity index (χ1) is 8.02. The highest BCUT2D eigenvalue weighted by molar-refractivity contribution is 5.84. The second-order valence-corrected chi connectivity index (χ2v) is 5.04. The first kappa shape index (κ1) is 14.0. The first-order valence-corrected chi connectivity index (χ1v) is 6.28. The average Bonchev–Trinajstić information content (AvgIpc) is 2.23. The van der Waals surface area contributed by atoms with Gasteiger partial charge in [0.25, 0.3) is 0 Å². The second-order valence-electron chi connectivity index (χ2n) is 5.04. The lowest BCUT2D eigenvalue weighted by Gasteiger charge is -2.39. The lowest BCUT2D eigenvalue weighted by molar-refractivity contribution is -0.135. The van der Waals surface area contributed by atoms with Crippen molar-refractivity contribution in [2.24, 2.45) is 17.1 Å². The fourth-order valence-electron chi connectivity index (χ4n) is 1.88. The third-order valence-corrected chi connectivity index (χ3v) is 3.42. The second kappa shape index (κ2) is 6.00. The van der Waals surface area contributed by atoms with Gasteiger partial charge < -0.3 is 16.4 Å². The maximum absolute atomic E-state index is 11.9. The van der Waals surface area contributed by atoms with Gasteiger partial charge in [-0.15, -0.1) is 0 Å². The van der Waals surface area contributed by atoms with Crippen molar-refractivity contribution in [3.05, 3.63) is 0 Å². The Morgan fingerprint density at radius 2 is 1.82 bits per heavy atom. The Labute approximate surface area is 103 Å². The Balaban J connectivity index is 2.18. The molecule has 5 heteroatoms. The number of rotatable bonds is 6. The van der Waals surface area contributed by atoms with E-state index in [1.165, 1.54) is 0 Å². The summed E-state index contributed by atoms with van der Waals surface area (Å²) in [6.45, 7) is 5.04. The molecule has 0 spiro atoms. The third-order valence-electron chi connectivity index (χ3n) is 3.42. The van der Waals surface area contributed by atoms with Crippen molar-refractivity contribution in [1.82, 2.24) is 10.6 Å². The minimum atomic E-state index is -0.331. The Hall–Kier alpha value is -1.10. The first-order valence-electron chi connectivity index (χ1n) is 6.28. The number of hydrogen-bond donors (Lipinski definition) is 3. The summed E-state index contributed by atoms with van der Waals surface area (Å²) in [5.41, 5.74) is 5.30. The number of nitrogens with two attached hydrogens (primary N) is 1. The molecule has 0 aliphatic heterocycles. The van der Waals surface area contributed by atoms with Crippen molar-refractivity contribution in [3.8, 4) is 0 Å². The SMILES string of the molecule is CC(C)C(=O)NCCNC(=O)C1(CN)CCC1. The molecule has 4 N–H and O–H groups in total. The normalized spacial score (nSPS) is 17.4. The van der Waals surface area contributed by atoms with Crippen LogP contribution in [0.1, 0.15) is 33.1 Å². The van der Waals surface area contributed by atoms with Gasteiger partial charge in [0.15, 0.2) is 0 Å². The summed E-state index contributed by atoms with van der Waals surface area (Å²) in [6.07, 6.45) is 2.84. The smallest absolute Gasteiger partial charge is 0.227 e. The third kappa shape index (κ3) is 3.43.